The predicted molar refractivity (Wildman–Crippen MR) is 86.5 cm³/mol. The lowest BCUT2D eigenvalue weighted by molar-refractivity contribution is 0.0904. The topological polar surface area (TPSA) is 46.9 Å². The molecule has 1 heterocycles. The summed E-state index contributed by atoms with van der Waals surface area (Å²) in [5, 5.41) is 7.33. The lowest BCUT2D eigenvalue weighted by atomic mass is 9.74. The Kier molecular flexibility index (Phi) is 4.01. The van der Waals surface area contributed by atoms with Gasteiger partial charge in [-0.15, -0.1) is 0 Å². The molecule has 0 unspecified atom stereocenters. The molecule has 0 spiro atoms. The Labute approximate surface area is 131 Å². The maximum Gasteiger partial charge on any atom is 0.254 e. The molecule has 22 heavy (non-hydrogen) atoms. The van der Waals surface area contributed by atoms with E-state index in [4.69, 9.17) is 0 Å². The van der Waals surface area contributed by atoms with Crippen LogP contribution in [-0.2, 0) is 13.5 Å². The zero-order valence-electron chi connectivity index (χ0n) is 13.4. The number of hydrogen-bond donors (Lipinski definition) is 1. The molecule has 0 saturated heterocycles. The van der Waals surface area contributed by atoms with Crippen molar-refractivity contribution >= 4 is 5.91 Å². The van der Waals surface area contributed by atoms with Gasteiger partial charge in [-0.1, -0.05) is 38.1 Å². The van der Waals surface area contributed by atoms with Gasteiger partial charge in [0.25, 0.3) is 5.91 Å². The largest absolute Gasteiger partial charge is 0.345 e. The van der Waals surface area contributed by atoms with E-state index in [1.165, 1.54) is 11.1 Å². The molecular formula is C18H23N3O. The minimum absolute atomic E-state index is 0.0412. The molecule has 1 amide bonds. The summed E-state index contributed by atoms with van der Waals surface area (Å²) in [4.78, 5) is 12.5. The van der Waals surface area contributed by atoms with E-state index in [0.29, 0.717) is 17.4 Å². The Morgan fingerprint density at radius 1 is 1.36 bits per heavy atom. The van der Waals surface area contributed by atoms with Gasteiger partial charge in [-0.05, 0) is 35.8 Å². The van der Waals surface area contributed by atoms with Gasteiger partial charge in [0, 0.05) is 13.2 Å². The molecule has 0 saturated carbocycles. The lowest BCUT2D eigenvalue weighted by Crippen LogP contribution is -2.38. The second-order valence-electron chi connectivity index (χ2n) is 6.50. The number of benzene rings is 1. The second kappa shape index (κ2) is 5.95. The van der Waals surface area contributed by atoms with Gasteiger partial charge < -0.3 is 5.32 Å². The number of hydrogen-bond acceptors (Lipinski definition) is 2. The molecule has 2 aromatic rings. The number of carbonyl (C=O) groups excluding carboxylic acids is 1. The second-order valence-corrected chi connectivity index (χ2v) is 6.50. The molecule has 0 radical (unpaired) electrons. The average Bonchev–Trinajstić information content (AvgIpc) is 2.94. The van der Waals surface area contributed by atoms with Crippen LogP contribution in [0.5, 0.6) is 0 Å². The van der Waals surface area contributed by atoms with Crippen LogP contribution in [0.4, 0.5) is 0 Å². The minimum atomic E-state index is -0.0412. The molecule has 4 nitrogen and oxygen atoms in total. The first-order chi connectivity index (χ1) is 10.6. The molecule has 4 heteroatoms. The lowest BCUT2D eigenvalue weighted by Gasteiger charge is -2.36. The minimum Gasteiger partial charge on any atom is -0.345 e. The first kappa shape index (κ1) is 14.8. The van der Waals surface area contributed by atoms with Gasteiger partial charge in [-0.2, -0.15) is 5.10 Å². The van der Waals surface area contributed by atoms with E-state index < -0.39 is 0 Å². The highest BCUT2D eigenvalue weighted by Gasteiger charge is 2.32. The monoisotopic (exact) mass is 297 g/mol. The fourth-order valence-electron chi connectivity index (χ4n) is 3.45. The van der Waals surface area contributed by atoms with Crippen LogP contribution >= 0.6 is 0 Å². The van der Waals surface area contributed by atoms with Crippen molar-refractivity contribution in [1.82, 2.24) is 15.1 Å². The van der Waals surface area contributed by atoms with Gasteiger partial charge in [0.2, 0.25) is 0 Å². The van der Waals surface area contributed by atoms with Crippen LogP contribution in [0.15, 0.2) is 36.7 Å². The molecule has 116 valence electrons. The first-order valence-electron chi connectivity index (χ1n) is 7.93. The Morgan fingerprint density at radius 2 is 2.14 bits per heavy atom. The number of nitrogens with one attached hydrogen (secondary N) is 1. The van der Waals surface area contributed by atoms with Crippen molar-refractivity contribution in [2.45, 2.75) is 32.7 Å². The molecule has 3 rings (SSSR count). The number of aromatic nitrogens is 2. The Balaban J connectivity index is 1.89. The number of rotatable bonds is 3. The Bertz CT molecular complexity index is 674. The van der Waals surface area contributed by atoms with Gasteiger partial charge >= 0.3 is 0 Å². The third-order valence-corrected chi connectivity index (χ3v) is 4.68. The Hall–Kier alpha value is -2.10. The highest BCUT2D eigenvalue weighted by atomic mass is 16.1. The summed E-state index contributed by atoms with van der Waals surface area (Å²) in [5.41, 5.74) is 3.24. The summed E-state index contributed by atoms with van der Waals surface area (Å²) in [5.74, 6) is 0.962. The molecule has 1 aliphatic rings. The fraction of sp³-hybridized carbons (Fsp3) is 0.444. The van der Waals surface area contributed by atoms with Gasteiger partial charge in [0.15, 0.2) is 0 Å². The van der Waals surface area contributed by atoms with Crippen LogP contribution in [0.2, 0.25) is 0 Å². The molecule has 2 atom stereocenters. The van der Waals surface area contributed by atoms with Gasteiger partial charge in [0.1, 0.15) is 0 Å². The molecule has 1 aromatic carbocycles. The zero-order valence-corrected chi connectivity index (χ0v) is 13.4. The van der Waals surface area contributed by atoms with Crippen LogP contribution in [0.25, 0.3) is 0 Å². The number of nitrogens with zero attached hydrogens (tertiary/aromatic N) is 2. The smallest absolute Gasteiger partial charge is 0.254 e. The van der Waals surface area contributed by atoms with Gasteiger partial charge in [-0.3, -0.25) is 9.48 Å². The third kappa shape index (κ3) is 2.78. The van der Waals surface area contributed by atoms with Crippen molar-refractivity contribution in [3.8, 4) is 0 Å². The summed E-state index contributed by atoms with van der Waals surface area (Å²) >= 11 is 0. The van der Waals surface area contributed by atoms with Crippen molar-refractivity contribution in [3.05, 3.63) is 53.3 Å². The maximum absolute atomic E-state index is 12.5. The van der Waals surface area contributed by atoms with Gasteiger partial charge in [0.05, 0.1) is 17.8 Å². The van der Waals surface area contributed by atoms with E-state index >= 15 is 0 Å². The van der Waals surface area contributed by atoms with E-state index in [9.17, 15) is 4.79 Å². The van der Waals surface area contributed by atoms with Crippen LogP contribution < -0.4 is 5.32 Å². The standard InChI is InChI=1S/C18H23N3O/c1-12(2)15-9-8-13-6-4-5-7-16(13)17(15)20-18(22)14-10-19-21(3)11-14/h4-7,10-12,15,17H,8-9H2,1-3H3,(H,20,22)/t15-,17-/m0/s1. The average molecular weight is 297 g/mol. The summed E-state index contributed by atoms with van der Waals surface area (Å²) in [6.45, 7) is 4.48. The third-order valence-electron chi connectivity index (χ3n) is 4.68. The molecular weight excluding hydrogens is 274 g/mol. The highest BCUT2D eigenvalue weighted by Crippen LogP contribution is 2.38. The molecule has 0 fully saturated rings. The molecule has 0 bridgehead atoms. The normalized spacial score (nSPS) is 20.7. The van der Waals surface area contributed by atoms with E-state index in [2.05, 4.69) is 48.5 Å². The van der Waals surface area contributed by atoms with Crippen LogP contribution in [-0.4, -0.2) is 15.7 Å². The number of carbonyl (C=O) groups is 1. The predicted octanol–water partition coefficient (Wildman–Crippen LogP) is 3.11. The fourth-order valence-corrected chi connectivity index (χ4v) is 3.45. The summed E-state index contributed by atoms with van der Waals surface area (Å²) in [6, 6.07) is 8.55. The molecule has 1 aliphatic carbocycles. The summed E-state index contributed by atoms with van der Waals surface area (Å²) in [7, 11) is 1.82. The van der Waals surface area contributed by atoms with E-state index in [1.54, 1.807) is 17.1 Å². The molecule has 1 aromatic heterocycles. The van der Waals surface area contributed by atoms with Crippen LogP contribution in [0.3, 0.4) is 0 Å². The maximum atomic E-state index is 12.5. The van der Waals surface area contributed by atoms with Crippen molar-refractivity contribution in [2.24, 2.45) is 18.9 Å². The van der Waals surface area contributed by atoms with Gasteiger partial charge in [-0.25, -0.2) is 0 Å². The van der Waals surface area contributed by atoms with E-state index in [0.717, 1.165) is 12.8 Å². The first-order valence-corrected chi connectivity index (χ1v) is 7.93. The van der Waals surface area contributed by atoms with Crippen molar-refractivity contribution in [1.29, 1.82) is 0 Å². The van der Waals surface area contributed by atoms with Crippen LogP contribution in [0, 0.1) is 11.8 Å². The SMILES string of the molecule is CC(C)[C@@H]1CCc2ccccc2[C@H]1NC(=O)c1cnn(C)c1. The zero-order chi connectivity index (χ0) is 15.7. The summed E-state index contributed by atoms with van der Waals surface area (Å²) in [6.07, 6.45) is 5.59. The van der Waals surface area contributed by atoms with Crippen LogP contribution in [0.1, 0.15) is 47.8 Å². The highest BCUT2D eigenvalue weighted by molar-refractivity contribution is 5.94. The van der Waals surface area contributed by atoms with E-state index in [1.807, 2.05) is 7.05 Å². The molecule has 1 N–H and O–H groups in total. The van der Waals surface area contributed by atoms with Crippen molar-refractivity contribution in [2.75, 3.05) is 0 Å². The molecule has 0 aliphatic heterocycles. The quantitative estimate of drug-likeness (QED) is 0.946. The summed E-state index contributed by atoms with van der Waals surface area (Å²) < 4.78 is 1.66. The van der Waals surface area contributed by atoms with Crippen molar-refractivity contribution in [3.63, 3.8) is 0 Å². The number of aryl methyl sites for hydroxylation is 2. The number of fused-ring (bicyclic) bond motifs is 1. The van der Waals surface area contributed by atoms with E-state index in [-0.39, 0.29) is 11.9 Å². The van der Waals surface area contributed by atoms with Crippen molar-refractivity contribution < 1.29 is 4.79 Å². The Morgan fingerprint density at radius 3 is 2.82 bits per heavy atom. The number of amides is 1.